The largest absolute Gasteiger partial charge is 0.497 e. The van der Waals surface area contributed by atoms with Gasteiger partial charge in [0.1, 0.15) is 17.4 Å². The second-order valence-electron chi connectivity index (χ2n) is 5.13. The highest BCUT2D eigenvalue weighted by Gasteiger charge is 2.22. The van der Waals surface area contributed by atoms with Crippen LogP contribution in [-0.2, 0) is 12.8 Å². The lowest BCUT2D eigenvalue weighted by Gasteiger charge is -2.08. The van der Waals surface area contributed by atoms with Gasteiger partial charge in [0.2, 0.25) is 0 Å². The summed E-state index contributed by atoms with van der Waals surface area (Å²) in [7, 11) is 1.32. The fourth-order valence-electron chi connectivity index (χ4n) is 2.74. The van der Waals surface area contributed by atoms with E-state index >= 15 is 0 Å². The van der Waals surface area contributed by atoms with Crippen LogP contribution in [-0.4, -0.2) is 12.9 Å². The molecule has 2 aromatic carbocycles. The molecule has 0 heterocycles. The Labute approximate surface area is 121 Å². The first-order valence-corrected chi connectivity index (χ1v) is 6.79. The van der Waals surface area contributed by atoms with Crippen LogP contribution in [0.3, 0.4) is 0 Å². The van der Waals surface area contributed by atoms with E-state index in [-0.39, 0.29) is 5.75 Å². The summed E-state index contributed by atoms with van der Waals surface area (Å²) in [6, 6.07) is 7.28. The van der Waals surface area contributed by atoms with Crippen LogP contribution in [0.25, 0.3) is 0 Å². The Morgan fingerprint density at radius 2 is 1.71 bits per heavy atom. The Hall–Kier alpha value is -2.23. The third kappa shape index (κ3) is 2.42. The summed E-state index contributed by atoms with van der Waals surface area (Å²) in [4.78, 5) is 12.4. The van der Waals surface area contributed by atoms with E-state index in [0.29, 0.717) is 5.56 Å². The summed E-state index contributed by atoms with van der Waals surface area (Å²) in [5, 5.41) is 0. The maximum absolute atomic E-state index is 14.0. The Morgan fingerprint density at radius 1 is 1.05 bits per heavy atom. The third-order valence-corrected chi connectivity index (χ3v) is 3.84. The van der Waals surface area contributed by atoms with E-state index in [1.165, 1.54) is 12.7 Å². The van der Waals surface area contributed by atoms with E-state index in [9.17, 15) is 13.6 Å². The minimum atomic E-state index is -0.905. The lowest BCUT2D eigenvalue weighted by molar-refractivity contribution is 0.103. The smallest absolute Gasteiger partial charge is 0.198 e. The second kappa shape index (κ2) is 5.28. The van der Waals surface area contributed by atoms with Crippen molar-refractivity contribution < 1.29 is 18.3 Å². The lowest BCUT2D eigenvalue weighted by Crippen LogP contribution is -2.08. The van der Waals surface area contributed by atoms with Gasteiger partial charge >= 0.3 is 0 Å². The monoisotopic (exact) mass is 288 g/mol. The number of carbonyl (C=O) groups excluding carboxylic acids is 1. The quantitative estimate of drug-likeness (QED) is 0.805. The van der Waals surface area contributed by atoms with Crippen molar-refractivity contribution in [2.24, 2.45) is 0 Å². The zero-order valence-electron chi connectivity index (χ0n) is 11.6. The summed E-state index contributed by atoms with van der Waals surface area (Å²) in [6.45, 7) is 0. The fraction of sp³-hybridized carbons (Fsp3) is 0.235. The van der Waals surface area contributed by atoms with Crippen molar-refractivity contribution >= 4 is 5.78 Å². The molecule has 3 rings (SSSR count). The molecule has 1 aliphatic rings. The van der Waals surface area contributed by atoms with Crippen LogP contribution in [0.1, 0.15) is 33.5 Å². The minimum absolute atomic E-state index is 0.0514. The van der Waals surface area contributed by atoms with Gasteiger partial charge in [-0.15, -0.1) is 0 Å². The summed E-state index contributed by atoms with van der Waals surface area (Å²) in [5.41, 5.74) is 2.09. The van der Waals surface area contributed by atoms with Gasteiger partial charge in [0, 0.05) is 17.7 Å². The number of benzene rings is 2. The van der Waals surface area contributed by atoms with Gasteiger partial charge < -0.3 is 4.74 Å². The number of halogens is 2. The topological polar surface area (TPSA) is 26.3 Å². The van der Waals surface area contributed by atoms with Crippen molar-refractivity contribution in [1.82, 2.24) is 0 Å². The standard InChI is InChI=1S/C17H14F2O2/c1-21-13-8-14(18)16(15(19)9-13)17(20)12-6-5-10-3-2-4-11(10)7-12/h5-9H,2-4H2,1H3. The van der Waals surface area contributed by atoms with Gasteiger partial charge in [0.05, 0.1) is 12.7 Å². The van der Waals surface area contributed by atoms with E-state index in [4.69, 9.17) is 4.74 Å². The van der Waals surface area contributed by atoms with Gasteiger partial charge in [-0.3, -0.25) is 4.79 Å². The van der Waals surface area contributed by atoms with Crippen LogP contribution in [0.2, 0.25) is 0 Å². The Kier molecular flexibility index (Phi) is 3.45. The highest BCUT2D eigenvalue weighted by Crippen LogP contribution is 2.26. The van der Waals surface area contributed by atoms with Crippen molar-refractivity contribution in [2.45, 2.75) is 19.3 Å². The van der Waals surface area contributed by atoms with E-state index in [1.54, 1.807) is 12.1 Å². The molecule has 0 radical (unpaired) electrons. The number of fused-ring (bicyclic) bond motifs is 1. The average molecular weight is 288 g/mol. The SMILES string of the molecule is COc1cc(F)c(C(=O)c2ccc3c(c2)CCC3)c(F)c1. The Bertz CT molecular complexity index is 700. The van der Waals surface area contributed by atoms with E-state index in [1.807, 2.05) is 6.07 Å². The first-order valence-electron chi connectivity index (χ1n) is 6.79. The number of methoxy groups -OCH3 is 1. The molecule has 21 heavy (non-hydrogen) atoms. The first kappa shape index (κ1) is 13.7. The summed E-state index contributed by atoms with van der Waals surface area (Å²) >= 11 is 0. The van der Waals surface area contributed by atoms with E-state index in [2.05, 4.69) is 0 Å². The molecule has 0 saturated heterocycles. The molecule has 0 saturated carbocycles. The van der Waals surface area contributed by atoms with Gasteiger partial charge in [-0.05, 0) is 36.5 Å². The van der Waals surface area contributed by atoms with Crippen molar-refractivity contribution in [3.63, 3.8) is 0 Å². The molecular weight excluding hydrogens is 274 g/mol. The maximum atomic E-state index is 14.0. The normalized spacial score (nSPS) is 13.1. The van der Waals surface area contributed by atoms with Crippen molar-refractivity contribution in [3.05, 3.63) is 64.2 Å². The van der Waals surface area contributed by atoms with Gasteiger partial charge in [0.15, 0.2) is 5.78 Å². The van der Waals surface area contributed by atoms with Gasteiger partial charge in [0.25, 0.3) is 0 Å². The van der Waals surface area contributed by atoms with Crippen LogP contribution in [0, 0.1) is 11.6 Å². The molecule has 0 amide bonds. The highest BCUT2D eigenvalue weighted by molar-refractivity contribution is 6.09. The average Bonchev–Trinajstić information content (AvgIpc) is 2.93. The molecule has 2 nitrogen and oxygen atoms in total. The van der Waals surface area contributed by atoms with Gasteiger partial charge in [-0.2, -0.15) is 0 Å². The van der Waals surface area contributed by atoms with E-state index < -0.39 is 23.0 Å². The molecule has 0 unspecified atom stereocenters. The molecule has 0 atom stereocenters. The molecule has 0 fully saturated rings. The summed E-state index contributed by atoms with van der Waals surface area (Å²) in [5.74, 6) is -2.40. The van der Waals surface area contributed by atoms with Gasteiger partial charge in [-0.1, -0.05) is 12.1 Å². The highest BCUT2D eigenvalue weighted by atomic mass is 19.1. The molecule has 0 bridgehead atoms. The predicted molar refractivity (Wildman–Crippen MR) is 74.8 cm³/mol. The van der Waals surface area contributed by atoms with Gasteiger partial charge in [-0.25, -0.2) is 8.78 Å². The van der Waals surface area contributed by atoms with Crippen LogP contribution in [0.4, 0.5) is 8.78 Å². The molecule has 0 spiro atoms. The third-order valence-electron chi connectivity index (χ3n) is 3.84. The van der Waals surface area contributed by atoms with Crippen molar-refractivity contribution in [3.8, 4) is 5.75 Å². The molecule has 0 aromatic heterocycles. The van der Waals surface area contributed by atoms with Crippen molar-refractivity contribution in [2.75, 3.05) is 7.11 Å². The number of hydrogen-bond donors (Lipinski definition) is 0. The molecule has 1 aliphatic carbocycles. The summed E-state index contributed by atoms with van der Waals surface area (Å²) < 4.78 is 32.7. The number of carbonyl (C=O) groups is 1. The van der Waals surface area contributed by atoms with Crippen molar-refractivity contribution in [1.29, 1.82) is 0 Å². The predicted octanol–water partition coefficient (Wildman–Crippen LogP) is 3.69. The first-order chi connectivity index (χ1) is 10.1. The number of ether oxygens (including phenoxy) is 1. The molecule has 4 heteroatoms. The minimum Gasteiger partial charge on any atom is -0.497 e. The maximum Gasteiger partial charge on any atom is 0.198 e. The fourth-order valence-corrected chi connectivity index (χ4v) is 2.74. The Morgan fingerprint density at radius 3 is 2.38 bits per heavy atom. The van der Waals surface area contributed by atoms with Crippen LogP contribution < -0.4 is 4.74 Å². The van der Waals surface area contributed by atoms with Crippen LogP contribution >= 0.6 is 0 Å². The number of aryl methyl sites for hydroxylation is 2. The second-order valence-corrected chi connectivity index (χ2v) is 5.13. The van der Waals surface area contributed by atoms with Crippen LogP contribution in [0.15, 0.2) is 30.3 Å². The number of ketones is 1. The lowest BCUT2D eigenvalue weighted by atomic mass is 9.98. The zero-order valence-corrected chi connectivity index (χ0v) is 11.6. The molecule has 108 valence electrons. The number of rotatable bonds is 3. The summed E-state index contributed by atoms with van der Waals surface area (Å²) in [6.07, 6.45) is 2.96. The molecule has 2 aromatic rings. The molecular formula is C17H14F2O2. The van der Waals surface area contributed by atoms with Crippen LogP contribution in [0.5, 0.6) is 5.75 Å². The Balaban J connectivity index is 2.03. The zero-order chi connectivity index (χ0) is 15.0. The number of hydrogen-bond acceptors (Lipinski definition) is 2. The van der Waals surface area contributed by atoms with E-state index in [0.717, 1.165) is 37.0 Å². The molecule has 0 aliphatic heterocycles. The molecule has 0 N–H and O–H groups in total.